The van der Waals surface area contributed by atoms with Gasteiger partial charge in [0.1, 0.15) is 15.1 Å². The maximum atomic E-state index is 12.4. The second-order valence-electron chi connectivity index (χ2n) is 5.05. The molecular weight excluding hydrogens is 331 g/mol. The van der Waals surface area contributed by atoms with Crippen LogP contribution in [0.4, 0.5) is 4.79 Å². The minimum Gasteiger partial charge on any atom is -0.444 e. The fraction of sp³-hybridized carbons (Fsp3) is 0.500. The second-order valence-corrected chi connectivity index (χ2v) is 6.04. The van der Waals surface area contributed by atoms with Crippen LogP contribution in [0.25, 0.3) is 0 Å². The molecule has 2 rings (SSSR count). The van der Waals surface area contributed by atoms with Crippen LogP contribution in [-0.4, -0.2) is 48.7 Å². The van der Waals surface area contributed by atoms with Crippen molar-refractivity contribution in [1.29, 1.82) is 0 Å². The topological polar surface area (TPSA) is 77.4 Å². The largest absolute Gasteiger partial charge is 0.444 e. The first kappa shape index (κ1) is 18.6. The van der Waals surface area contributed by atoms with Crippen molar-refractivity contribution in [2.24, 2.45) is 4.99 Å². The summed E-state index contributed by atoms with van der Waals surface area (Å²) >= 11 is 0. The molecule has 0 spiro atoms. The van der Waals surface area contributed by atoms with Gasteiger partial charge in [-0.15, -0.1) is 0 Å². The maximum Gasteiger partial charge on any atom is 0.415 e. The average molecular weight is 354 g/mol. The van der Waals surface area contributed by atoms with E-state index in [-0.39, 0.29) is 12.4 Å². The fourth-order valence-corrected chi connectivity index (χ4v) is 3.26. The molecule has 0 N–H and O–H groups in total. The standard InChI is InChI=1S/C16H23N2O5P/c1-3-22-16(24-20,23-4-2)14-17-10-11-18(14)15(19)21-12-13-8-6-5-7-9-13/h5-9H,3-4,10-12,24H2,1-2H3. The minimum absolute atomic E-state index is 0.157. The van der Waals surface area contributed by atoms with Crippen LogP contribution in [-0.2, 0) is 25.4 Å². The van der Waals surface area contributed by atoms with Crippen molar-refractivity contribution in [2.75, 3.05) is 26.3 Å². The Morgan fingerprint density at radius 1 is 1.25 bits per heavy atom. The lowest BCUT2D eigenvalue weighted by molar-refractivity contribution is -0.126. The Labute approximate surface area is 142 Å². The van der Waals surface area contributed by atoms with Crippen molar-refractivity contribution in [3.05, 3.63) is 35.9 Å². The Bertz CT molecular complexity index is 587. The lowest BCUT2D eigenvalue weighted by Gasteiger charge is -2.32. The number of hydrogen-bond acceptors (Lipinski definition) is 6. The molecule has 1 aromatic rings. The highest BCUT2D eigenvalue weighted by atomic mass is 31.1. The van der Waals surface area contributed by atoms with E-state index in [1.807, 2.05) is 30.3 Å². The summed E-state index contributed by atoms with van der Waals surface area (Å²) in [6.07, 6.45) is -0.549. The van der Waals surface area contributed by atoms with Crippen LogP contribution in [0.2, 0.25) is 0 Å². The van der Waals surface area contributed by atoms with E-state index >= 15 is 0 Å². The number of ether oxygens (including phenoxy) is 3. The summed E-state index contributed by atoms with van der Waals surface area (Å²) in [6, 6.07) is 9.40. The Kier molecular flexibility index (Phi) is 6.97. The lowest BCUT2D eigenvalue weighted by Crippen LogP contribution is -2.49. The van der Waals surface area contributed by atoms with Gasteiger partial charge in [0, 0.05) is 13.2 Å². The molecule has 1 aromatic carbocycles. The van der Waals surface area contributed by atoms with Gasteiger partial charge in [-0.25, -0.2) is 4.79 Å². The van der Waals surface area contributed by atoms with Crippen molar-refractivity contribution >= 4 is 20.4 Å². The predicted molar refractivity (Wildman–Crippen MR) is 92.0 cm³/mol. The number of carbonyl (C=O) groups excluding carboxylic acids is 1. The van der Waals surface area contributed by atoms with Crippen molar-refractivity contribution in [1.82, 2.24) is 4.90 Å². The first-order chi connectivity index (χ1) is 11.7. The quantitative estimate of drug-likeness (QED) is 0.530. The molecule has 24 heavy (non-hydrogen) atoms. The summed E-state index contributed by atoms with van der Waals surface area (Å²) in [6.45, 7) is 5.04. The first-order valence-electron chi connectivity index (χ1n) is 7.94. The zero-order chi connectivity index (χ0) is 17.4. The number of hydrogen-bond donors (Lipinski definition) is 0. The van der Waals surface area contributed by atoms with Gasteiger partial charge in [-0.05, 0) is 19.4 Å². The normalized spacial score (nSPS) is 15.1. The van der Waals surface area contributed by atoms with Gasteiger partial charge in [0.25, 0.3) is 5.53 Å². The van der Waals surface area contributed by atoms with Gasteiger partial charge >= 0.3 is 6.09 Å². The van der Waals surface area contributed by atoms with Crippen molar-refractivity contribution in [2.45, 2.75) is 26.0 Å². The lowest BCUT2D eigenvalue weighted by atomic mass is 10.2. The molecule has 1 unspecified atom stereocenters. The van der Waals surface area contributed by atoms with Crippen LogP contribution >= 0.6 is 8.46 Å². The molecule has 8 heteroatoms. The summed E-state index contributed by atoms with van der Waals surface area (Å²) < 4.78 is 28.3. The van der Waals surface area contributed by atoms with Gasteiger partial charge in [0.05, 0.1) is 13.1 Å². The fourth-order valence-electron chi connectivity index (χ4n) is 2.44. The molecule has 1 heterocycles. The van der Waals surface area contributed by atoms with E-state index in [2.05, 4.69) is 4.99 Å². The van der Waals surface area contributed by atoms with Crippen molar-refractivity contribution in [3.8, 4) is 0 Å². The molecule has 0 aliphatic carbocycles. The minimum atomic E-state index is -1.49. The number of benzene rings is 1. The van der Waals surface area contributed by atoms with E-state index in [0.29, 0.717) is 26.3 Å². The molecule has 0 radical (unpaired) electrons. The Morgan fingerprint density at radius 3 is 2.50 bits per heavy atom. The van der Waals surface area contributed by atoms with Crippen LogP contribution in [0.3, 0.4) is 0 Å². The summed E-state index contributed by atoms with van der Waals surface area (Å²) in [5, 5.41) is 0. The van der Waals surface area contributed by atoms with Gasteiger partial charge in [-0.1, -0.05) is 30.3 Å². The summed E-state index contributed by atoms with van der Waals surface area (Å²) in [7, 11) is -1.49. The highest BCUT2D eigenvalue weighted by Crippen LogP contribution is 2.32. The number of amides is 1. The predicted octanol–water partition coefficient (Wildman–Crippen LogP) is 2.52. The van der Waals surface area contributed by atoms with Gasteiger partial charge in [0.15, 0.2) is 5.84 Å². The van der Waals surface area contributed by atoms with E-state index in [0.717, 1.165) is 5.56 Å². The van der Waals surface area contributed by atoms with Gasteiger partial charge in [-0.2, -0.15) is 0 Å². The van der Waals surface area contributed by atoms with Crippen LogP contribution in [0.15, 0.2) is 35.3 Å². The number of amidine groups is 1. The zero-order valence-electron chi connectivity index (χ0n) is 13.9. The van der Waals surface area contributed by atoms with Crippen molar-refractivity contribution in [3.63, 3.8) is 0 Å². The molecule has 1 aliphatic heterocycles. The smallest absolute Gasteiger partial charge is 0.415 e. The third-order valence-electron chi connectivity index (χ3n) is 3.45. The monoisotopic (exact) mass is 354 g/mol. The molecule has 1 atom stereocenters. The van der Waals surface area contributed by atoms with Crippen LogP contribution in [0.5, 0.6) is 0 Å². The second kappa shape index (κ2) is 8.97. The summed E-state index contributed by atoms with van der Waals surface area (Å²) in [5.41, 5.74) is -0.579. The molecule has 0 saturated carbocycles. The van der Waals surface area contributed by atoms with Gasteiger partial charge in [0.2, 0.25) is 0 Å². The molecule has 1 amide bonds. The number of aliphatic imine (C=N–C) groups is 1. The van der Waals surface area contributed by atoms with Crippen LogP contribution in [0.1, 0.15) is 19.4 Å². The SMILES string of the molecule is CCOC(OCC)([PH2]=O)C1=NCCN1C(=O)OCc1ccccc1. The molecular formula is C16H23N2O5P. The van der Waals surface area contributed by atoms with E-state index < -0.39 is 20.1 Å². The molecule has 7 nitrogen and oxygen atoms in total. The molecule has 1 aliphatic rings. The summed E-state index contributed by atoms with van der Waals surface area (Å²) in [5.74, 6) is 0.231. The Hall–Kier alpha value is -1.69. The first-order valence-corrected chi connectivity index (χ1v) is 8.99. The zero-order valence-corrected chi connectivity index (χ0v) is 15.1. The van der Waals surface area contributed by atoms with Crippen molar-refractivity contribution < 1.29 is 23.6 Å². The summed E-state index contributed by atoms with van der Waals surface area (Å²) in [4.78, 5) is 18.1. The molecule has 0 fully saturated rings. The van der Waals surface area contributed by atoms with E-state index in [9.17, 15) is 9.36 Å². The van der Waals surface area contributed by atoms with Crippen LogP contribution < -0.4 is 0 Å². The molecule has 0 bridgehead atoms. The van der Waals surface area contributed by atoms with E-state index in [1.54, 1.807) is 13.8 Å². The van der Waals surface area contributed by atoms with Gasteiger partial charge in [-0.3, -0.25) is 9.89 Å². The highest BCUT2D eigenvalue weighted by Gasteiger charge is 2.44. The Balaban J connectivity index is 2.10. The van der Waals surface area contributed by atoms with Crippen LogP contribution in [0, 0.1) is 0 Å². The van der Waals surface area contributed by atoms with Gasteiger partial charge < -0.3 is 18.8 Å². The highest BCUT2D eigenvalue weighted by molar-refractivity contribution is 7.27. The molecule has 132 valence electrons. The van der Waals surface area contributed by atoms with E-state index in [4.69, 9.17) is 14.2 Å². The number of carbonyl (C=O) groups is 1. The number of rotatable bonds is 8. The third-order valence-corrected chi connectivity index (χ3v) is 4.35. The third kappa shape index (κ3) is 4.23. The molecule has 0 saturated heterocycles. The maximum absolute atomic E-state index is 12.4. The molecule has 0 aromatic heterocycles. The van der Waals surface area contributed by atoms with E-state index in [1.165, 1.54) is 4.90 Å². The Morgan fingerprint density at radius 2 is 1.92 bits per heavy atom. The number of nitrogens with zero attached hydrogens (tertiary/aromatic N) is 2. The average Bonchev–Trinajstić information content (AvgIpc) is 3.10.